The molecule has 0 radical (unpaired) electrons. The van der Waals surface area contributed by atoms with E-state index in [0.717, 1.165) is 6.26 Å². The maximum Gasteiger partial charge on any atom is 0.149 e. The fraction of sp³-hybridized carbons (Fsp3) is 0.400. The number of benzene rings is 1. The Hall–Kier alpha value is -0.690. The molecule has 96 valence electrons. The van der Waals surface area contributed by atoms with E-state index in [-0.39, 0.29) is 12.2 Å². The second kappa shape index (κ2) is 5.77. The zero-order valence-electron chi connectivity index (χ0n) is 9.28. The Labute approximate surface area is 105 Å². The fourth-order valence-electron chi connectivity index (χ4n) is 1.50. The SMILES string of the molecule is CS(=O)(=O)CC(Cc1cc(Cl)ccc1F)NN. The van der Waals surface area contributed by atoms with Crippen LogP contribution >= 0.6 is 11.6 Å². The van der Waals surface area contributed by atoms with Crippen LogP contribution in [0, 0.1) is 5.82 Å². The van der Waals surface area contributed by atoms with Gasteiger partial charge in [0, 0.05) is 17.3 Å². The van der Waals surface area contributed by atoms with Gasteiger partial charge in [-0.25, -0.2) is 12.8 Å². The van der Waals surface area contributed by atoms with E-state index in [1.165, 1.54) is 18.2 Å². The highest BCUT2D eigenvalue weighted by molar-refractivity contribution is 7.90. The average molecular weight is 281 g/mol. The molecular formula is C10H14ClFN2O2S. The summed E-state index contributed by atoms with van der Waals surface area (Å²) in [5, 5.41) is 0.400. The minimum Gasteiger partial charge on any atom is -0.271 e. The van der Waals surface area contributed by atoms with Crippen LogP contribution in [0.4, 0.5) is 4.39 Å². The summed E-state index contributed by atoms with van der Waals surface area (Å²) in [5.41, 5.74) is 2.70. The Morgan fingerprint density at radius 1 is 1.53 bits per heavy atom. The van der Waals surface area contributed by atoms with Gasteiger partial charge in [-0.05, 0) is 30.2 Å². The molecule has 0 bridgehead atoms. The first-order valence-corrected chi connectivity index (χ1v) is 7.33. The number of nitrogens with one attached hydrogen (secondary N) is 1. The van der Waals surface area contributed by atoms with Crippen molar-refractivity contribution in [2.75, 3.05) is 12.0 Å². The van der Waals surface area contributed by atoms with Crippen molar-refractivity contribution in [3.8, 4) is 0 Å². The summed E-state index contributed by atoms with van der Waals surface area (Å²) in [6, 6.07) is 3.59. The Morgan fingerprint density at radius 2 is 2.18 bits per heavy atom. The molecule has 1 unspecified atom stereocenters. The monoisotopic (exact) mass is 280 g/mol. The molecule has 1 aromatic rings. The minimum atomic E-state index is -3.18. The lowest BCUT2D eigenvalue weighted by molar-refractivity contribution is 0.529. The van der Waals surface area contributed by atoms with E-state index >= 15 is 0 Å². The standard InChI is InChI=1S/C10H14ClFN2O2S/c1-17(15,16)6-9(14-13)5-7-4-8(11)2-3-10(7)12/h2-4,9,14H,5-6,13H2,1H3. The van der Waals surface area contributed by atoms with Crippen LogP contribution in [0.5, 0.6) is 0 Å². The summed E-state index contributed by atoms with van der Waals surface area (Å²) in [6.07, 6.45) is 1.27. The van der Waals surface area contributed by atoms with Gasteiger partial charge in [0.05, 0.1) is 5.75 Å². The summed E-state index contributed by atoms with van der Waals surface area (Å²) < 4.78 is 35.7. The molecule has 7 heteroatoms. The highest BCUT2D eigenvalue weighted by atomic mass is 35.5. The maximum absolute atomic E-state index is 13.4. The lowest BCUT2D eigenvalue weighted by atomic mass is 10.1. The molecule has 0 aliphatic rings. The number of rotatable bonds is 5. The van der Waals surface area contributed by atoms with Gasteiger partial charge in [-0.1, -0.05) is 11.6 Å². The molecule has 1 aromatic carbocycles. The third kappa shape index (κ3) is 4.99. The first kappa shape index (κ1) is 14.4. The zero-order chi connectivity index (χ0) is 13.1. The van der Waals surface area contributed by atoms with Crippen LogP contribution in [-0.2, 0) is 16.3 Å². The smallest absolute Gasteiger partial charge is 0.149 e. The van der Waals surface area contributed by atoms with Crippen molar-refractivity contribution in [1.29, 1.82) is 0 Å². The van der Waals surface area contributed by atoms with E-state index in [1.54, 1.807) is 0 Å². The van der Waals surface area contributed by atoms with Crippen molar-refractivity contribution in [3.05, 3.63) is 34.6 Å². The summed E-state index contributed by atoms with van der Waals surface area (Å²) in [6.45, 7) is 0. The number of nitrogens with two attached hydrogens (primary N) is 1. The van der Waals surface area contributed by atoms with Crippen molar-refractivity contribution < 1.29 is 12.8 Å². The lowest BCUT2D eigenvalue weighted by Crippen LogP contribution is -2.41. The molecule has 1 atom stereocenters. The summed E-state index contributed by atoms with van der Waals surface area (Å²) in [5.74, 6) is 4.66. The molecule has 0 saturated heterocycles. The van der Waals surface area contributed by atoms with E-state index in [2.05, 4.69) is 5.43 Å². The molecule has 3 N–H and O–H groups in total. The van der Waals surface area contributed by atoms with Crippen molar-refractivity contribution in [3.63, 3.8) is 0 Å². The normalized spacial score (nSPS) is 13.6. The first-order chi connectivity index (χ1) is 7.81. The molecule has 17 heavy (non-hydrogen) atoms. The molecule has 0 aromatic heterocycles. The molecule has 0 aliphatic carbocycles. The highest BCUT2D eigenvalue weighted by Gasteiger charge is 2.16. The molecule has 0 amide bonds. The molecule has 0 fully saturated rings. The molecular weight excluding hydrogens is 267 g/mol. The fourth-order valence-corrected chi connectivity index (χ4v) is 2.64. The van der Waals surface area contributed by atoms with Crippen molar-refractivity contribution >= 4 is 21.4 Å². The van der Waals surface area contributed by atoms with Gasteiger partial charge in [0.15, 0.2) is 0 Å². The van der Waals surface area contributed by atoms with Crippen LogP contribution < -0.4 is 11.3 Å². The van der Waals surface area contributed by atoms with Crippen molar-refractivity contribution in [1.82, 2.24) is 5.43 Å². The van der Waals surface area contributed by atoms with E-state index in [1.807, 2.05) is 0 Å². The van der Waals surface area contributed by atoms with Crippen LogP contribution in [0.2, 0.25) is 5.02 Å². The number of hydrogen-bond donors (Lipinski definition) is 2. The third-order valence-corrected chi connectivity index (χ3v) is 3.46. The third-order valence-electron chi connectivity index (χ3n) is 2.21. The molecule has 1 rings (SSSR count). The zero-order valence-corrected chi connectivity index (χ0v) is 10.9. The summed E-state index contributed by atoms with van der Waals surface area (Å²) in [7, 11) is -3.18. The molecule has 0 heterocycles. The van der Waals surface area contributed by atoms with Gasteiger partial charge in [-0.3, -0.25) is 11.3 Å². The van der Waals surface area contributed by atoms with Gasteiger partial charge in [-0.2, -0.15) is 0 Å². The van der Waals surface area contributed by atoms with Gasteiger partial charge < -0.3 is 0 Å². The van der Waals surface area contributed by atoms with Crippen LogP contribution in [0.25, 0.3) is 0 Å². The Morgan fingerprint density at radius 3 is 2.71 bits per heavy atom. The van der Waals surface area contributed by atoms with Crippen molar-refractivity contribution in [2.24, 2.45) is 5.84 Å². The predicted molar refractivity (Wildman–Crippen MR) is 65.9 cm³/mol. The molecule has 0 saturated carbocycles. The Bertz CT molecular complexity index is 493. The van der Waals surface area contributed by atoms with E-state index in [0.29, 0.717) is 10.6 Å². The molecule has 0 spiro atoms. The minimum absolute atomic E-state index is 0.157. The van der Waals surface area contributed by atoms with Crippen LogP contribution in [0.1, 0.15) is 5.56 Å². The highest BCUT2D eigenvalue weighted by Crippen LogP contribution is 2.16. The van der Waals surface area contributed by atoms with Crippen LogP contribution in [-0.4, -0.2) is 26.5 Å². The van der Waals surface area contributed by atoms with Gasteiger partial charge in [0.25, 0.3) is 0 Å². The predicted octanol–water partition coefficient (Wildman–Crippen LogP) is 0.898. The number of halogens is 2. The summed E-state index contributed by atoms with van der Waals surface area (Å²) in [4.78, 5) is 0. The second-order valence-electron chi connectivity index (χ2n) is 3.90. The van der Waals surface area contributed by atoms with Crippen LogP contribution in [0.15, 0.2) is 18.2 Å². The van der Waals surface area contributed by atoms with Gasteiger partial charge in [-0.15, -0.1) is 0 Å². The maximum atomic E-state index is 13.4. The van der Waals surface area contributed by atoms with Gasteiger partial charge in [0.2, 0.25) is 0 Å². The molecule has 0 aliphatic heterocycles. The quantitative estimate of drug-likeness (QED) is 0.621. The molecule has 4 nitrogen and oxygen atoms in total. The topological polar surface area (TPSA) is 72.2 Å². The van der Waals surface area contributed by atoms with E-state index in [4.69, 9.17) is 17.4 Å². The Kier molecular flexibility index (Phi) is 4.88. The number of hydrogen-bond acceptors (Lipinski definition) is 4. The second-order valence-corrected chi connectivity index (χ2v) is 6.52. The van der Waals surface area contributed by atoms with Gasteiger partial charge in [0.1, 0.15) is 15.7 Å². The average Bonchev–Trinajstić information content (AvgIpc) is 2.20. The van der Waals surface area contributed by atoms with E-state index in [9.17, 15) is 12.8 Å². The Balaban J connectivity index is 2.84. The van der Waals surface area contributed by atoms with Gasteiger partial charge >= 0.3 is 0 Å². The number of sulfone groups is 1. The lowest BCUT2D eigenvalue weighted by Gasteiger charge is -2.15. The van der Waals surface area contributed by atoms with Crippen molar-refractivity contribution in [2.45, 2.75) is 12.5 Å². The first-order valence-electron chi connectivity index (χ1n) is 4.89. The summed E-state index contributed by atoms with van der Waals surface area (Å²) >= 11 is 5.74. The van der Waals surface area contributed by atoms with Crippen LogP contribution in [0.3, 0.4) is 0 Å². The number of hydrazine groups is 1. The van der Waals surface area contributed by atoms with E-state index < -0.39 is 21.7 Å². The largest absolute Gasteiger partial charge is 0.271 e.